The molecule has 6 nitrogen and oxygen atoms in total. The number of carbonyl (C=O) groups excluding carboxylic acids is 1. The zero-order valence-corrected chi connectivity index (χ0v) is 10.4. The molecule has 0 saturated heterocycles. The number of nitro groups is 1. The summed E-state index contributed by atoms with van der Waals surface area (Å²) in [6.45, 7) is -3.09. The number of aliphatic hydroxyl groups excluding tert-OH is 1. The predicted octanol–water partition coefficient (Wildman–Crippen LogP) is 1.73. The van der Waals surface area contributed by atoms with Crippen molar-refractivity contribution in [3.05, 3.63) is 39.7 Å². The van der Waals surface area contributed by atoms with Crippen molar-refractivity contribution in [1.29, 1.82) is 0 Å². The standard InChI is InChI=1S/C11H10F4N2O4/c12-7-1-2-8(9(5-7)17(20)21)10(19)16(3-4-18)6-11(13,14)15/h1-2,5,18H,3-4,6H2. The molecule has 0 heterocycles. The molecule has 21 heavy (non-hydrogen) atoms. The van der Waals surface area contributed by atoms with Crippen LogP contribution in [0, 0.1) is 15.9 Å². The molecule has 0 aliphatic rings. The van der Waals surface area contributed by atoms with E-state index in [1.165, 1.54) is 0 Å². The molecule has 0 radical (unpaired) electrons. The number of hydrogen-bond acceptors (Lipinski definition) is 4. The normalized spacial score (nSPS) is 11.3. The highest BCUT2D eigenvalue weighted by atomic mass is 19.4. The van der Waals surface area contributed by atoms with Gasteiger partial charge < -0.3 is 10.0 Å². The molecule has 0 fully saturated rings. The molecule has 0 bridgehead atoms. The largest absolute Gasteiger partial charge is 0.406 e. The van der Waals surface area contributed by atoms with Crippen LogP contribution in [0.4, 0.5) is 23.2 Å². The van der Waals surface area contributed by atoms with Gasteiger partial charge in [0.2, 0.25) is 0 Å². The Kier molecular flexibility index (Phi) is 5.19. The van der Waals surface area contributed by atoms with Crippen LogP contribution in [-0.2, 0) is 0 Å². The van der Waals surface area contributed by atoms with Crippen molar-refractivity contribution in [3.63, 3.8) is 0 Å². The highest BCUT2D eigenvalue weighted by Crippen LogP contribution is 2.23. The van der Waals surface area contributed by atoms with Gasteiger partial charge in [0.05, 0.1) is 17.6 Å². The van der Waals surface area contributed by atoms with Gasteiger partial charge in [0.15, 0.2) is 0 Å². The Bertz CT molecular complexity index is 548. The summed E-state index contributed by atoms with van der Waals surface area (Å²) in [5, 5.41) is 19.4. The molecule has 10 heteroatoms. The van der Waals surface area contributed by atoms with Crippen LogP contribution in [0.5, 0.6) is 0 Å². The minimum Gasteiger partial charge on any atom is -0.395 e. The summed E-state index contributed by atoms with van der Waals surface area (Å²) >= 11 is 0. The molecule has 1 rings (SSSR count). The van der Waals surface area contributed by atoms with Crippen molar-refractivity contribution in [1.82, 2.24) is 4.90 Å². The molecule has 0 unspecified atom stereocenters. The van der Waals surface area contributed by atoms with E-state index in [-0.39, 0.29) is 4.90 Å². The molecule has 0 saturated carbocycles. The van der Waals surface area contributed by atoms with Gasteiger partial charge >= 0.3 is 6.18 Å². The lowest BCUT2D eigenvalue weighted by molar-refractivity contribution is -0.385. The second-order valence-electron chi connectivity index (χ2n) is 3.98. The molecule has 1 aromatic carbocycles. The van der Waals surface area contributed by atoms with Gasteiger partial charge in [0.1, 0.15) is 17.9 Å². The molecule has 1 amide bonds. The Hall–Kier alpha value is -2.23. The van der Waals surface area contributed by atoms with E-state index >= 15 is 0 Å². The lowest BCUT2D eigenvalue weighted by Crippen LogP contribution is -2.40. The van der Waals surface area contributed by atoms with Crippen molar-refractivity contribution < 1.29 is 32.4 Å². The van der Waals surface area contributed by atoms with Crippen LogP contribution in [0.3, 0.4) is 0 Å². The minimum atomic E-state index is -4.74. The maximum absolute atomic E-state index is 12.9. The van der Waals surface area contributed by atoms with Crippen LogP contribution in [0.2, 0.25) is 0 Å². The Labute approximate surface area is 115 Å². The van der Waals surface area contributed by atoms with Crippen LogP contribution in [0.15, 0.2) is 18.2 Å². The van der Waals surface area contributed by atoms with E-state index in [9.17, 15) is 32.5 Å². The summed E-state index contributed by atoms with van der Waals surface area (Å²) in [4.78, 5) is 21.8. The summed E-state index contributed by atoms with van der Waals surface area (Å²) in [5.74, 6) is -2.31. The number of nitro benzene ring substituents is 1. The summed E-state index contributed by atoms with van der Waals surface area (Å²) in [5.41, 5.74) is -1.62. The fraction of sp³-hybridized carbons (Fsp3) is 0.364. The van der Waals surface area contributed by atoms with Gasteiger partial charge in [-0.3, -0.25) is 14.9 Å². The topological polar surface area (TPSA) is 83.7 Å². The fourth-order valence-corrected chi connectivity index (χ4v) is 1.60. The summed E-state index contributed by atoms with van der Waals surface area (Å²) < 4.78 is 50.0. The molecule has 0 aliphatic carbocycles. The summed E-state index contributed by atoms with van der Waals surface area (Å²) in [7, 11) is 0. The third-order valence-corrected chi connectivity index (χ3v) is 2.41. The molecule has 1 N–H and O–H groups in total. The van der Waals surface area contributed by atoms with Gasteiger partial charge in [-0.15, -0.1) is 0 Å². The zero-order valence-electron chi connectivity index (χ0n) is 10.4. The van der Waals surface area contributed by atoms with Gasteiger partial charge in [0, 0.05) is 6.54 Å². The SMILES string of the molecule is O=C(c1ccc(F)cc1[N+](=O)[O-])N(CCO)CC(F)(F)F. The lowest BCUT2D eigenvalue weighted by atomic mass is 10.1. The first kappa shape index (κ1) is 16.8. The number of benzene rings is 1. The number of alkyl halides is 3. The second kappa shape index (κ2) is 6.48. The smallest absolute Gasteiger partial charge is 0.395 e. The third kappa shape index (κ3) is 4.67. The number of halogens is 4. The van der Waals surface area contributed by atoms with Gasteiger partial charge in [-0.2, -0.15) is 13.2 Å². The number of hydrogen-bond donors (Lipinski definition) is 1. The minimum absolute atomic E-state index is 0.209. The van der Waals surface area contributed by atoms with E-state index in [0.29, 0.717) is 6.07 Å². The quantitative estimate of drug-likeness (QED) is 0.510. The maximum Gasteiger partial charge on any atom is 0.406 e. The Morgan fingerprint density at radius 3 is 2.48 bits per heavy atom. The first-order chi connectivity index (χ1) is 9.65. The summed E-state index contributed by atoms with van der Waals surface area (Å²) in [6.07, 6.45) is -4.74. The van der Waals surface area contributed by atoms with Gasteiger partial charge in [-0.25, -0.2) is 4.39 Å². The predicted molar refractivity (Wildman–Crippen MR) is 62.1 cm³/mol. The summed E-state index contributed by atoms with van der Waals surface area (Å²) in [6, 6.07) is 1.90. The van der Waals surface area contributed by atoms with Crippen molar-refractivity contribution in [2.75, 3.05) is 19.7 Å². The molecule has 116 valence electrons. The number of carbonyl (C=O) groups is 1. The van der Waals surface area contributed by atoms with Crippen LogP contribution < -0.4 is 0 Å². The second-order valence-corrected chi connectivity index (χ2v) is 3.98. The van der Waals surface area contributed by atoms with Gasteiger partial charge in [-0.1, -0.05) is 0 Å². The molecule has 0 aliphatic heterocycles. The molecular weight excluding hydrogens is 300 g/mol. The van der Waals surface area contributed by atoms with E-state index in [1.54, 1.807) is 0 Å². The molecular formula is C11H10F4N2O4. The zero-order chi connectivity index (χ0) is 16.2. The molecule has 0 aromatic heterocycles. The monoisotopic (exact) mass is 310 g/mol. The van der Waals surface area contributed by atoms with Crippen LogP contribution in [-0.4, -0.2) is 46.7 Å². The van der Waals surface area contributed by atoms with Crippen molar-refractivity contribution in [3.8, 4) is 0 Å². The van der Waals surface area contributed by atoms with E-state index in [2.05, 4.69) is 0 Å². The lowest BCUT2D eigenvalue weighted by Gasteiger charge is -2.23. The number of aliphatic hydroxyl groups is 1. The van der Waals surface area contributed by atoms with Crippen molar-refractivity contribution in [2.24, 2.45) is 0 Å². The number of amides is 1. The van der Waals surface area contributed by atoms with Crippen LogP contribution in [0.1, 0.15) is 10.4 Å². The van der Waals surface area contributed by atoms with Crippen LogP contribution in [0.25, 0.3) is 0 Å². The van der Waals surface area contributed by atoms with E-state index < -0.39 is 53.8 Å². The maximum atomic E-state index is 12.9. The molecule has 1 aromatic rings. The third-order valence-electron chi connectivity index (χ3n) is 2.41. The van der Waals surface area contributed by atoms with Crippen molar-refractivity contribution >= 4 is 11.6 Å². The van der Waals surface area contributed by atoms with E-state index in [1.807, 2.05) is 0 Å². The first-order valence-electron chi connectivity index (χ1n) is 5.56. The van der Waals surface area contributed by atoms with Crippen molar-refractivity contribution in [2.45, 2.75) is 6.18 Å². The highest BCUT2D eigenvalue weighted by Gasteiger charge is 2.35. The number of nitrogens with zero attached hydrogens (tertiary/aromatic N) is 2. The fourth-order valence-electron chi connectivity index (χ4n) is 1.60. The Morgan fingerprint density at radius 1 is 1.38 bits per heavy atom. The van der Waals surface area contributed by atoms with E-state index in [0.717, 1.165) is 12.1 Å². The Morgan fingerprint density at radius 2 is 2.00 bits per heavy atom. The highest BCUT2D eigenvalue weighted by molar-refractivity contribution is 5.98. The van der Waals surface area contributed by atoms with Crippen LogP contribution >= 0.6 is 0 Å². The Balaban J connectivity index is 3.17. The molecule has 0 spiro atoms. The average molecular weight is 310 g/mol. The van der Waals surface area contributed by atoms with E-state index in [4.69, 9.17) is 5.11 Å². The average Bonchev–Trinajstić information content (AvgIpc) is 2.35. The van der Waals surface area contributed by atoms with Gasteiger partial charge in [-0.05, 0) is 12.1 Å². The first-order valence-corrected chi connectivity index (χ1v) is 5.56. The number of rotatable bonds is 5. The molecule has 0 atom stereocenters. The van der Waals surface area contributed by atoms with Gasteiger partial charge in [0.25, 0.3) is 11.6 Å².